The molecule has 0 saturated carbocycles. The summed E-state index contributed by atoms with van der Waals surface area (Å²) in [6.07, 6.45) is 2.92. The molecule has 0 spiro atoms. The first-order valence-corrected chi connectivity index (χ1v) is 7.32. The molecule has 1 atom stereocenters. The molecule has 2 aromatic rings. The maximum absolute atomic E-state index is 11.5. The maximum Gasteiger partial charge on any atom is 0.360 e. The van der Waals surface area contributed by atoms with Crippen molar-refractivity contribution < 1.29 is 23.9 Å². The molecule has 0 amide bonds. The third kappa shape index (κ3) is 4.96. The summed E-state index contributed by atoms with van der Waals surface area (Å²) in [4.78, 5) is 11.5. The Bertz CT molecular complexity index is 675. The molecule has 0 saturated heterocycles. The molecular weight excluding hydrogens is 298 g/mol. The predicted octanol–water partition coefficient (Wildman–Crippen LogP) is 2.78. The van der Waals surface area contributed by atoms with E-state index in [-0.39, 0.29) is 18.9 Å². The smallest absolute Gasteiger partial charge is 0.360 e. The minimum atomic E-state index is -0.548. The Morgan fingerprint density at radius 1 is 1.39 bits per heavy atom. The molecule has 1 heterocycles. The van der Waals surface area contributed by atoms with E-state index in [1.807, 2.05) is 24.3 Å². The SMILES string of the molecule is CCOC(=O)c1cc(C=Cc2ccccc2OCC(C)O)on1. The molecule has 2 rings (SSSR count). The van der Waals surface area contributed by atoms with Gasteiger partial charge in [0.25, 0.3) is 0 Å². The van der Waals surface area contributed by atoms with E-state index in [1.165, 1.54) is 6.07 Å². The average Bonchev–Trinajstić information content (AvgIpc) is 3.01. The second-order valence-electron chi connectivity index (χ2n) is 4.87. The molecule has 6 heteroatoms. The van der Waals surface area contributed by atoms with Gasteiger partial charge in [-0.3, -0.25) is 0 Å². The summed E-state index contributed by atoms with van der Waals surface area (Å²) in [7, 11) is 0. The number of nitrogens with zero attached hydrogens (tertiary/aromatic N) is 1. The van der Waals surface area contributed by atoms with E-state index in [9.17, 15) is 9.90 Å². The van der Waals surface area contributed by atoms with Gasteiger partial charge in [0.1, 0.15) is 12.4 Å². The lowest BCUT2D eigenvalue weighted by atomic mass is 10.2. The summed E-state index contributed by atoms with van der Waals surface area (Å²) in [6.45, 7) is 3.87. The van der Waals surface area contributed by atoms with Crippen LogP contribution in [0.1, 0.15) is 35.7 Å². The Balaban J connectivity index is 2.10. The van der Waals surface area contributed by atoms with Crippen molar-refractivity contribution in [2.75, 3.05) is 13.2 Å². The number of ether oxygens (including phenoxy) is 2. The van der Waals surface area contributed by atoms with E-state index in [2.05, 4.69) is 5.16 Å². The number of carbonyl (C=O) groups is 1. The summed E-state index contributed by atoms with van der Waals surface area (Å²) in [5.74, 6) is 0.560. The lowest BCUT2D eigenvalue weighted by Crippen LogP contribution is -2.13. The molecule has 1 N–H and O–H groups in total. The molecule has 0 aliphatic rings. The maximum atomic E-state index is 11.5. The zero-order valence-electron chi connectivity index (χ0n) is 13.1. The highest BCUT2D eigenvalue weighted by Crippen LogP contribution is 2.21. The van der Waals surface area contributed by atoms with Crippen molar-refractivity contribution in [1.82, 2.24) is 5.16 Å². The fraction of sp³-hybridized carbons (Fsp3) is 0.294. The first-order valence-electron chi connectivity index (χ1n) is 7.32. The van der Waals surface area contributed by atoms with Gasteiger partial charge in [0, 0.05) is 11.6 Å². The van der Waals surface area contributed by atoms with E-state index < -0.39 is 12.1 Å². The number of aromatic nitrogens is 1. The van der Waals surface area contributed by atoms with Crippen LogP contribution in [-0.4, -0.2) is 35.6 Å². The number of aliphatic hydroxyl groups excluding tert-OH is 1. The fourth-order valence-electron chi connectivity index (χ4n) is 1.80. The summed E-state index contributed by atoms with van der Waals surface area (Å²) in [5, 5.41) is 13.0. The highest BCUT2D eigenvalue weighted by atomic mass is 16.5. The topological polar surface area (TPSA) is 81.8 Å². The molecular formula is C17H19NO5. The number of para-hydroxylation sites is 1. The van der Waals surface area contributed by atoms with E-state index in [0.29, 0.717) is 11.5 Å². The molecule has 0 aliphatic carbocycles. The lowest BCUT2D eigenvalue weighted by molar-refractivity contribution is 0.0514. The van der Waals surface area contributed by atoms with Crippen molar-refractivity contribution in [3.05, 3.63) is 47.3 Å². The molecule has 0 bridgehead atoms. The Morgan fingerprint density at radius 3 is 2.91 bits per heavy atom. The Hall–Kier alpha value is -2.60. The van der Waals surface area contributed by atoms with Gasteiger partial charge < -0.3 is 19.1 Å². The molecule has 122 valence electrons. The summed E-state index contributed by atoms with van der Waals surface area (Å²) >= 11 is 0. The molecule has 0 radical (unpaired) electrons. The number of esters is 1. The fourth-order valence-corrected chi connectivity index (χ4v) is 1.80. The minimum absolute atomic E-state index is 0.130. The molecule has 6 nitrogen and oxygen atoms in total. The van der Waals surface area contributed by atoms with Gasteiger partial charge in [-0.25, -0.2) is 4.79 Å². The Labute approximate surface area is 134 Å². The molecule has 0 aliphatic heterocycles. The van der Waals surface area contributed by atoms with Crippen LogP contribution in [0.15, 0.2) is 34.9 Å². The van der Waals surface area contributed by atoms with Gasteiger partial charge in [-0.1, -0.05) is 23.4 Å². The zero-order valence-corrected chi connectivity index (χ0v) is 13.1. The molecule has 1 aromatic heterocycles. The zero-order chi connectivity index (χ0) is 16.7. The average molecular weight is 317 g/mol. The van der Waals surface area contributed by atoms with Gasteiger partial charge in [0.15, 0.2) is 11.5 Å². The van der Waals surface area contributed by atoms with Crippen molar-refractivity contribution in [2.24, 2.45) is 0 Å². The van der Waals surface area contributed by atoms with E-state index >= 15 is 0 Å². The number of benzene rings is 1. The van der Waals surface area contributed by atoms with Crippen LogP contribution < -0.4 is 4.74 Å². The predicted molar refractivity (Wildman–Crippen MR) is 85.0 cm³/mol. The highest BCUT2D eigenvalue weighted by molar-refractivity contribution is 5.87. The first kappa shape index (κ1) is 16.8. The third-order valence-electron chi connectivity index (χ3n) is 2.84. The molecule has 1 unspecified atom stereocenters. The number of rotatable bonds is 7. The van der Waals surface area contributed by atoms with Gasteiger partial charge in [0.2, 0.25) is 0 Å². The number of hydrogen-bond acceptors (Lipinski definition) is 6. The summed E-state index contributed by atoms with van der Waals surface area (Å²) in [6, 6.07) is 8.91. The number of hydrogen-bond donors (Lipinski definition) is 1. The van der Waals surface area contributed by atoms with Crippen LogP contribution in [0.4, 0.5) is 0 Å². The van der Waals surface area contributed by atoms with Gasteiger partial charge in [0.05, 0.1) is 12.7 Å². The standard InChI is InChI=1S/C17H19NO5/c1-3-21-17(20)15-10-14(23-18-15)9-8-13-6-4-5-7-16(13)22-11-12(2)19/h4-10,12,19H,3,11H2,1-2H3. The quantitative estimate of drug-likeness (QED) is 0.791. The first-order chi connectivity index (χ1) is 11.1. The van der Waals surface area contributed by atoms with Crippen LogP contribution in [0.2, 0.25) is 0 Å². The second-order valence-corrected chi connectivity index (χ2v) is 4.87. The van der Waals surface area contributed by atoms with Crippen molar-refractivity contribution in [1.29, 1.82) is 0 Å². The van der Waals surface area contributed by atoms with E-state index in [4.69, 9.17) is 14.0 Å². The Morgan fingerprint density at radius 2 is 2.17 bits per heavy atom. The van der Waals surface area contributed by atoms with Gasteiger partial charge in [-0.05, 0) is 32.1 Å². The molecule has 23 heavy (non-hydrogen) atoms. The monoisotopic (exact) mass is 317 g/mol. The minimum Gasteiger partial charge on any atom is -0.490 e. The highest BCUT2D eigenvalue weighted by Gasteiger charge is 2.12. The number of aliphatic hydroxyl groups is 1. The van der Waals surface area contributed by atoms with Crippen LogP contribution in [0.5, 0.6) is 5.75 Å². The van der Waals surface area contributed by atoms with Crippen molar-refractivity contribution >= 4 is 18.1 Å². The van der Waals surface area contributed by atoms with Crippen molar-refractivity contribution in [3.63, 3.8) is 0 Å². The second kappa shape index (κ2) is 8.14. The largest absolute Gasteiger partial charge is 0.490 e. The van der Waals surface area contributed by atoms with Crippen LogP contribution >= 0.6 is 0 Å². The Kier molecular flexibility index (Phi) is 5.94. The van der Waals surface area contributed by atoms with Gasteiger partial charge in [-0.2, -0.15) is 0 Å². The van der Waals surface area contributed by atoms with Crippen molar-refractivity contribution in [3.8, 4) is 5.75 Å². The third-order valence-corrected chi connectivity index (χ3v) is 2.84. The molecule has 1 aromatic carbocycles. The van der Waals surface area contributed by atoms with Gasteiger partial charge in [-0.15, -0.1) is 0 Å². The van der Waals surface area contributed by atoms with Crippen molar-refractivity contribution in [2.45, 2.75) is 20.0 Å². The van der Waals surface area contributed by atoms with E-state index in [1.54, 1.807) is 26.0 Å². The normalized spacial score (nSPS) is 12.3. The van der Waals surface area contributed by atoms with Gasteiger partial charge >= 0.3 is 5.97 Å². The molecule has 0 fully saturated rings. The van der Waals surface area contributed by atoms with Crippen LogP contribution in [0.25, 0.3) is 12.2 Å². The van der Waals surface area contributed by atoms with Crippen LogP contribution in [-0.2, 0) is 4.74 Å². The summed E-state index contributed by atoms with van der Waals surface area (Å²) in [5.41, 5.74) is 0.951. The van der Waals surface area contributed by atoms with Crippen LogP contribution in [0.3, 0.4) is 0 Å². The van der Waals surface area contributed by atoms with Crippen LogP contribution in [0, 0.1) is 0 Å². The number of carbonyl (C=O) groups excluding carboxylic acids is 1. The lowest BCUT2D eigenvalue weighted by Gasteiger charge is -2.10. The van der Waals surface area contributed by atoms with E-state index in [0.717, 1.165) is 5.56 Å². The summed E-state index contributed by atoms with van der Waals surface area (Å²) < 4.78 is 15.5.